The molecule has 0 aliphatic carbocycles. The van der Waals surface area contributed by atoms with E-state index in [1.54, 1.807) is 32.2 Å². The van der Waals surface area contributed by atoms with E-state index in [1.807, 2.05) is 0 Å². The number of urea groups is 1. The Hall–Kier alpha value is -1.97. The van der Waals surface area contributed by atoms with E-state index in [-0.39, 0.29) is 5.69 Å². The monoisotopic (exact) mass is 411 g/mol. The molecule has 3 N–H and O–H groups in total. The van der Waals surface area contributed by atoms with Gasteiger partial charge in [0.15, 0.2) is 0 Å². The first kappa shape index (κ1) is 20.1. The summed E-state index contributed by atoms with van der Waals surface area (Å²) in [4.78, 5) is 23.2. The van der Waals surface area contributed by atoms with Crippen molar-refractivity contribution in [2.75, 3.05) is 17.2 Å². The molecule has 1 aromatic carbocycles. The SMILES string of the molecule is CC(C)(C)OC(=O)Nc1cc(Br)cc(NC(=O)NCC(F)(F)F)c1. The van der Waals surface area contributed by atoms with Gasteiger partial charge in [-0.05, 0) is 39.0 Å². The van der Waals surface area contributed by atoms with Crippen LogP contribution in [-0.4, -0.2) is 30.4 Å². The molecule has 134 valence electrons. The summed E-state index contributed by atoms with van der Waals surface area (Å²) in [6.45, 7) is 3.65. The van der Waals surface area contributed by atoms with Crippen LogP contribution in [0.4, 0.5) is 34.1 Å². The molecule has 6 nitrogen and oxygen atoms in total. The maximum atomic E-state index is 12.1. The molecule has 1 rings (SSSR count). The minimum Gasteiger partial charge on any atom is -0.444 e. The summed E-state index contributed by atoms with van der Waals surface area (Å²) in [6, 6.07) is 3.37. The fourth-order valence-corrected chi connectivity index (χ4v) is 2.00. The number of hydrogen-bond donors (Lipinski definition) is 3. The predicted octanol–water partition coefficient (Wildman–Crippen LogP) is 4.48. The van der Waals surface area contributed by atoms with E-state index in [1.165, 1.54) is 12.1 Å². The lowest BCUT2D eigenvalue weighted by Crippen LogP contribution is -2.36. The number of nitrogens with one attached hydrogen (secondary N) is 3. The maximum absolute atomic E-state index is 12.1. The van der Waals surface area contributed by atoms with Crippen LogP contribution in [-0.2, 0) is 4.74 Å². The Morgan fingerprint density at radius 2 is 1.62 bits per heavy atom. The normalized spacial score (nSPS) is 11.6. The second kappa shape index (κ2) is 7.73. The molecule has 0 aliphatic rings. The number of halogens is 4. The van der Waals surface area contributed by atoms with Gasteiger partial charge >= 0.3 is 18.3 Å². The molecule has 0 spiro atoms. The van der Waals surface area contributed by atoms with Crippen LogP contribution in [0.1, 0.15) is 20.8 Å². The minimum atomic E-state index is -4.50. The Morgan fingerprint density at radius 1 is 1.08 bits per heavy atom. The van der Waals surface area contributed by atoms with Gasteiger partial charge in [-0.3, -0.25) is 5.32 Å². The van der Waals surface area contributed by atoms with Gasteiger partial charge < -0.3 is 15.4 Å². The summed E-state index contributed by atoms with van der Waals surface area (Å²) >= 11 is 3.18. The van der Waals surface area contributed by atoms with Crippen molar-refractivity contribution in [3.63, 3.8) is 0 Å². The largest absolute Gasteiger partial charge is 0.444 e. The van der Waals surface area contributed by atoms with Crippen molar-refractivity contribution in [2.45, 2.75) is 32.5 Å². The molecule has 10 heteroatoms. The van der Waals surface area contributed by atoms with Gasteiger partial charge in [0.25, 0.3) is 0 Å². The minimum absolute atomic E-state index is 0.190. The second-order valence-electron chi connectivity index (χ2n) is 5.78. The van der Waals surface area contributed by atoms with Gasteiger partial charge in [-0.1, -0.05) is 15.9 Å². The third-order valence-corrected chi connectivity index (χ3v) is 2.71. The topological polar surface area (TPSA) is 79.5 Å². The first-order chi connectivity index (χ1) is 10.8. The molecule has 0 aromatic heterocycles. The molecule has 0 radical (unpaired) electrons. The molecule has 3 amide bonds. The molecule has 0 saturated carbocycles. The van der Waals surface area contributed by atoms with Crippen molar-refractivity contribution < 1.29 is 27.5 Å². The van der Waals surface area contributed by atoms with Gasteiger partial charge in [0.05, 0.1) is 0 Å². The van der Waals surface area contributed by atoms with Crippen molar-refractivity contribution in [1.82, 2.24) is 5.32 Å². The van der Waals surface area contributed by atoms with Crippen LogP contribution in [0, 0.1) is 0 Å². The van der Waals surface area contributed by atoms with Gasteiger partial charge in [-0.15, -0.1) is 0 Å². The highest BCUT2D eigenvalue weighted by atomic mass is 79.9. The Labute approximate surface area is 145 Å². The quantitative estimate of drug-likeness (QED) is 0.685. The Kier molecular flexibility index (Phi) is 6.47. The third kappa shape index (κ3) is 8.61. The zero-order valence-electron chi connectivity index (χ0n) is 13.2. The average molecular weight is 412 g/mol. The first-order valence-corrected chi connectivity index (χ1v) is 7.55. The molecule has 0 heterocycles. The Bertz CT molecular complexity index is 616. The molecular weight excluding hydrogens is 395 g/mol. The summed E-state index contributed by atoms with van der Waals surface area (Å²) in [5.74, 6) is 0. The molecule has 24 heavy (non-hydrogen) atoms. The van der Waals surface area contributed by atoms with Crippen molar-refractivity contribution in [3.05, 3.63) is 22.7 Å². The number of ether oxygens (including phenoxy) is 1. The molecule has 0 aliphatic heterocycles. The van der Waals surface area contributed by atoms with Crippen LogP contribution in [0.15, 0.2) is 22.7 Å². The van der Waals surface area contributed by atoms with Crippen LogP contribution < -0.4 is 16.0 Å². The summed E-state index contributed by atoms with van der Waals surface area (Å²) in [5, 5.41) is 6.39. The van der Waals surface area contributed by atoms with E-state index in [9.17, 15) is 22.8 Å². The van der Waals surface area contributed by atoms with Crippen LogP contribution in [0.3, 0.4) is 0 Å². The molecule has 0 fully saturated rings. The summed E-state index contributed by atoms with van der Waals surface area (Å²) in [7, 11) is 0. The zero-order valence-corrected chi connectivity index (χ0v) is 14.8. The lowest BCUT2D eigenvalue weighted by atomic mass is 10.2. The number of anilines is 2. The number of carbonyl (C=O) groups excluding carboxylic acids is 2. The summed E-state index contributed by atoms with van der Waals surface area (Å²) in [5.41, 5.74) is -0.200. The van der Waals surface area contributed by atoms with Crippen LogP contribution in [0.25, 0.3) is 0 Å². The average Bonchev–Trinajstić information content (AvgIpc) is 2.32. The fourth-order valence-electron chi connectivity index (χ4n) is 1.51. The molecule has 0 atom stereocenters. The van der Waals surface area contributed by atoms with E-state index < -0.39 is 30.4 Å². The molecule has 1 aromatic rings. The molecule has 0 saturated heterocycles. The third-order valence-electron chi connectivity index (χ3n) is 2.25. The zero-order chi connectivity index (χ0) is 18.5. The number of benzene rings is 1. The molecule has 0 bridgehead atoms. The number of carbonyl (C=O) groups is 2. The van der Waals surface area contributed by atoms with E-state index in [0.29, 0.717) is 10.2 Å². The van der Waals surface area contributed by atoms with E-state index >= 15 is 0 Å². The lowest BCUT2D eigenvalue weighted by Gasteiger charge is -2.20. The number of hydrogen-bond acceptors (Lipinski definition) is 3. The predicted molar refractivity (Wildman–Crippen MR) is 87.1 cm³/mol. The maximum Gasteiger partial charge on any atom is 0.412 e. The van der Waals surface area contributed by atoms with E-state index in [2.05, 4.69) is 26.6 Å². The van der Waals surface area contributed by atoms with Crippen molar-refractivity contribution >= 4 is 39.4 Å². The first-order valence-electron chi connectivity index (χ1n) is 6.76. The fraction of sp³-hybridized carbons (Fsp3) is 0.429. The van der Waals surface area contributed by atoms with Crippen LogP contribution in [0.5, 0.6) is 0 Å². The Balaban J connectivity index is 2.72. The highest BCUT2D eigenvalue weighted by molar-refractivity contribution is 9.10. The van der Waals surface area contributed by atoms with Crippen molar-refractivity contribution in [3.8, 4) is 0 Å². The van der Waals surface area contributed by atoms with Crippen molar-refractivity contribution in [1.29, 1.82) is 0 Å². The van der Waals surface area contributed by atoms with Crippen LogP contribution >= 0.6 is 15.9 Å². The van der Waals surface area contributed by atoms with Crippen LogP contribution in [0.2, 0.25) is 0 Å². The van der Waals surface area contributed by atoms with Crippen molar-refractivity contribution in [2.24, 2.45) is 0 Å². The van der Waals surface area contributed by atoms with Gasteiger partial charge in [-0.25, -0.2) is 9.59 Å². The number of alkyl halides is 3. The lowest BCUT2D eigenvalue weighted by molar-refractivity contribution is -0.122. The van der Waals surface area contributed by atoms with Gasteiger partial charge in [0.1, 0.15) is 12.1 Å². The summed E-state index contributed by atoms with van der Waals surface area (Å²) < 4.78 is 41.7. The summed E-state index contributed by atoms with van der Waals surface area (Å²) in [6.07, 6.45) is -5.20. The van der Waals surface area contributed by atoms with Gasteiger partial charge in [0.2, 0.25) is 0 Å². The molecular formula is C14H17BrF3N3O3. The highest BCUT2D eigenvalue weighted by Crippen LogP contribution is 2.24. The molecule has 0 unspecified atom stereocenters. The smallest absolute Gasteiger partial charge is 0.412 e. The second-order valence-corrected chi connectivity index (χ2v) is 6.69. The number of amides is 3. The Morgan fingerprint density at radius 3 is 2.12 bits per heavy atom. The number of rotatable bonds is 3. The van der Waals surface area contributed by atoms with Gasteiger partial charge in [0, 0.05) is 15.8 Å². The van der Waals surface area contributed by atoms with E-state index in [0.717, 1.165) is 0 Å². The van der Waals surface area contributed by atoms with Gasteiger partial charge in [-0.2, -0.15) is 13.2 Å². The standard InChI is InChI=1S/C14H17BrF3N3O3/c1-13(2,3)24-12(23)21-10-5-8(15)4-9(6-10)20-11(22)19-7-14(16,17)18/h4-6H,7H2,1-3H3,(H,21,23)(H2,19,20,22). The van der Waals surface area contributed by atoms with E-state index in [4.69, 9.17) is 4.74 Å². The highest BCUT2D eigenvalue weighted by Gasteiger charge is 2.27.